The first-order valence-electron chi connectivity index (χ1n) is 7.54. The molecule has 0 spiro atoms. The van der Waals surface area contributed by atoms with Crippen LogP contribution >= 0.6 is 0 Å². The molecule has 1 N–H and O–H groups in total. The number of benzene rings is 1. The summed E-state index contributed by atoms with van der Waals surface area (Å²) in [6, 6.07) is 9.66. The molecule has 5 heteroatoms. The van der Waals surface area contributed by atoms with Gasteiger partial charge in [0.1, 0.15) is 5.69 Å². The van der Waals surface area contributed by atoms with E-state index in [4.69, 9.17) is 0 Å². The second-order valence-electron chi connectivity index (χ2n) is 5.54. The SMILES string of the molecule is O=C(CCC1CCCNC1)c1cnnn1-c1ccccc1. The number of ketones is 1. The van der Waals surface area contributed by atoms with Crippen molar-refractivity contribution in [3.8, 4) is 5.69 Å². The van der Waals surface area contributed by atoms with E-state index in [-0.39, 0.29) is 5.78 Å². The normalized spacial score (nSPS) is 18.6. The number of aromatic nitrogens is 3. The van der Waals surface area contributed by atoms with Crippen molar-refractivity contribution >= 4 is 5.78 Å². The second kappa shape index (κ2) is 6.63. The van der Waals surface area contributed by atoms with Gasteiger partial charge in [0.2, 0.25) is 0 Å². The van der Waals surface area contributed by atoms with E-state index in [1.54, 1.807) is 10.9 Å². The highest BCUT2D eigenvalue weighted by Crippen LogP contribution is 2.18. The van der Waals surface area contributed by atoms with Crippen LogP contribution in [0.15, 0.2) is 36.5 Å². The average Bonchev–Trinajstić information content (AvgIpc) is 3.04. The molecule has 1 aromatic carbocycles. The van der Waals surface area contributed by atoms with E-state index in [0.29, 0.717) is 18.0 Å². The molecule has 2 heterocycles. The summed E-state index contributed by atoms with van der Waals surface area (Å²) in [5.41, 5.74) is 1.45. The van der Waals surface area contributed by atoms with Crippen molar-refractivity contribution in [2.75, 3.05) is 13.1 Å². The van der Waals surface area contributed by atoms with Gasteiger partial charge in [-0.2, -0.15) is 0 Å². The first-order chi connectivity index (χ1) is 10.3. The van der Waals surface area contributed by atoms with Gasteiger partial charge in [-0.05, 0) is 50.4 Å². The maximum atomic E-state index is 12.4. The Balaban J connectivity index is 1.66. The van der Waals surface area contributed by atoms with Crippen molar-refractivity contribution < 1.29 is 4.79 Å². The van der Waals surface area contributed by atoms with E-state index in [9.17, 15) is 4.79 Å². The van der Waals surface area contributed by atoms with Crippen LogP contribution in [-0.2, 0) is 0 Å². The maximum absolute atomic E-state index is 12.4. The lowest BCUT2D eigenvalue weighted by molar-refractivity contribution is 0.0964. The van der Waals surface area contributed by atoms with Crippen LogP contribution in [0.25, 0.3) is 5.69 Å². The Morgan fingerprint density at radius 1 is 1.33 bits per heavy atom. The Morgan fingerprint density at radius 2 is 2.19 bits per heavy atom. The van der Waals surface area contributed by atoms with Gasteiger partial charge in [0.25, 0.3) is 0 Å². The van der Waals surface area contributed by atoms with E-state index >= 15 is 0 Å². The number of rotatable bonds is 5. The molecular weight excluding hydrogens is 264 g/mol. The lowest BCUT2D eigenvalue weighted by Gasteiger charge is -2.22. The highest BCUT2D eigenvalue weighted by atomic mass is 16.1. The molecule has 1 unspecified atom stereocenters. The van der Waals surface area contributed by atoms with Gasteiger partial charge in [-0.25, -0.2) is 4.68 Å². The molecule has 2 aromatic rings. The van der Waals surface area contributed by atoms with Crippen molar-refractivity contribution in [3.63, 3.8) is 0 Å². The number of para-hydroxylation sites is 1. The number of Topliss-reactive ketones (excluding diaryl/α,β-unsaturated/α-hetero) is 1. The summed E-state index contributed by atoms with van der Waals surface area (Å²) in [5.74, 6) is 0.734. The topological polar surface area (TPSA) is 59.8 Å². The van der Waals surface area contributed by atoms with E-state index in [0.717, 1.165) is 25.2 Å². The van der Waals surface area contributed by atoms with Crippen molar-refractivity contribution in [2.24, 2.45) is 5.92 Å². The smallest absolute Gasteiger partial charge is 0.182 e. The number of carbonyl (C=O) groups is 1. The van der Waals surface area contributed by atoms with Gasteiger partial charge >= 0.3 is 0 Å². The number of hydrogen-bond donors (Lipinski definition) is 1. The van der Waals surface area contributed by atoms with Crippen LogP contribution in [0, 0.1) is 5.92 Å². The summed E-state index contributed by atoms with van der Waals surface area (Å²) in [6.07, 6.45) is 5.49. The fourth-order valence-electron chi connectivity index (χ4n) is 2.82. The molecule has 1 saturated heterocycles. The Bertz CT molecular complexity index is 587. The zero-order chi connectivity index (χ0) is 14.5. The predicted octanol–water partition coefficient (Wildman–Crippen LogP) is 2.23. The highest BCUT2D eigenvalue weighted by molar-refractivity contribution is 5.94. The van der Waals surface area contributed by atoms with Crippen molar-refractivity contribution in [2.45, 2.75) is 25.7 Å². The van der Waals surface area contributed by atoms with Crippen LogP contribution in [0.1, 0.15) is 36.2 Å². The fourth-order valence-corrected chi connectivity index (χ4v) is 2.82. The molecule has 0 radical (unpaired) electrons. The van der Waals surface area contributed by atoms with E-state index in [1.165, 1.54) is 12.8 Å². The van der Waals surface area contributed by atoms with E-state index in [1.807, 2.05) is 30.3 Å². The molecule has 1 fully saturated rings. The molecule has 3 rings (SSSR count). The molecule has 0 aliphatic carbocycles. The molecule has 110 valence electrons. The highest BCUT2D eigenvalue weighted by Gasteiger charge is 2.18. The molecule has 0 bridgehead atoms. The Morgan fingerprint density at radius 3 is 2.95 bits per heavy atom. The van der Waals surface area contributed by atoms with Gasteiger partial charge in [-0.1, -0.05) is 23.4 Å². The quantitative estimate of drug-likeness (QED) is 0.855. The maximum Gasteiger partial charge on any atom is 0.182 e. The molecule has 1 aliphatic rings. The minimum absolute atomic E-state index is 0.120. The molecular formula is C16H20N4O. The standard InChI is InChI=1S/C16H20N4O/c21-16(9-8-13-5-4-10-17-11-13)15-12-18-19-20(15)14-6-2-1-3-7-14/h1-3,6-7,12-13,17H,4-5,8-11H2. The van der Waals surface area contributed by atoms with Gasteiger partial charge in [-0.15, -0.1) is 5.10 Å². The van der Waals surface area contributed by atoms with Crippen LogP contribution < -0.4 is 5.32 Å². The number of nitrogens with one attached hydrogen (secondary N) is 1. The van der Waals surface area contributed by atoms with Gasteiger partial charge < -0.3 is 5.32 Å². The third kappa shape index (κ3) is 3.36. The average molecular weight is 284 g/mol. The van der Waals surface area contributed by atoms with Crippen molar-refractivity contribution in [1.82, 2.24) is 20.3 Å². The first-order valence-corrected chi connectivity index (χ1v) is 7.54. The van der Waals surface area contributed by atoms with Gasteiger partial charge in [0.05, 0.1) is 11.9 Å². The summed E-state index contributed by atoms with van der Waals surface area (Å²) in [5, 5.41) is 11.3. The summed E-state index contributed by atoms with van der Waals surface area (Å²) in [4.78, 5) is 12.4. The lowest BCUT2D eigenvalue weighted by atomic mass is 9.93. The molecule has 21 heavy (non-hydrogen) atoms. The molecule has 1 atom stereocenters. The molecule has 1 aliphatic heterocycles. The van der Waals surface area contributed by atoms with Crippen LogP contribution in [-0.4, -0.2) is 33.9 Å². The number of carbonyl (C=O) groups excluding carboxylic acids is 1. The Hall–Kier alpha value is -2.01. The number of nitrogens with zero attached hydrogens (tertiary/aromatic N) is 3. The minimum atomic E-state index is 0.120. The summed E-state index contributed by atoms with van der Waals surface area (Å²) >= 11 is 0. The summed E-state index contributed by atoms with van der Waals surface area (Å²) in [6.45, 7) is 2.14. The monoisotopic (exact) mass is 284 g/mol. The third-order valence-electron chi connectivity index (χ3n) is 4.01. The first kappa shape index (κ1) is 13.9. The van der Waals surface area contributed by atoms with Crippen LogP contribution in [0.2, 0.25) is 0 Å². The lowest BCUT2D eigenvalue weighted by Crippen LogP contribution is -2.30. The Kier molecular flexibility index (Phi) is 4.40. The predicted molar refractivity (Wildman–Crippen MR) is 80.5 cm³/mol. The minimum Gasteiger partial charge on any atom is -0.316 e. The van der Waals surface area contributed by atoms with Crippen molar-refractivity contribution in [1.29, 1.82) is 0 Å². The van der Waals surface area contributed by atoms with Gasteiger partial charge in [0, 0.05) is 6.42 Å². The van der Waals surface area contributed by atoms with Crippen LogP contribution in [0.3, 0.4) is 0 Å². The summed E-state index contributed by atoms with van der Waals surface area (Å²) in [7, 11) is 0. The molecule has 1 aromatic heterocycles. The number of hydrogen-bond acceptors (Lipinski definition) is 4. The largest absolute Gasteiger partial charge is 0.316 e. The number of piperidine rings is 1. The van der Waals surface area contributed by atoms with Gasteiger partial charge in [-0.3, -0.25) is 4.79 Å². The molecule has 0 amide bonds. The Labute approximate surface area is 124 Å². The van der Waals surface area contributed by atoms with E-state index < -0.39 is 0 Å². The fraction of sp³-hybridized carbons (Fsp3) is 0.438. The third-order valence-corrected chi connectivity index (χ3v) is 4.01. The second-order valence-corrected chi connectivity index (χ2v) is 5.54. The molecule has 5 nitrogen and oxygen atoms in total. The van der Waals surface area contributed by atoms with Crippen molar-refractivity contribution in [3.05, 3.63) is 42.2 Å². The molecule has 0 saturated carbocycles. The zero-order valence-electron chi connectivity index (χ0n) is 12.0. The van der Waals surface area contributed by atoms with Crippen LogP contribution in [0.4, 0.5) is 0 Å². The zero-order valence-corrected chi connectivity index (χ0v) is 12.0. The summed E-state index contributed by atoms with van der Waals surface area (Å²) < 4.78 is 1.63. The van der Waals surface area contributed by atoms with Gasteiger partial charge in [0.15, 0.2) is 5.78 Å². The van der Waals surface area contributed by atoms with Crippen LogP contribution in [0.5, 0.6) is 0 Å². The van der Waals surface area contributed by atoms with E-state index in [2.05, 4.69) is 15.6 Å².